The second-order valence-corrected chi connectivity index (χ2v) is 7.52. The normalized spacial score (nSPS) is 18.6. The molecule has 1 unspecified atom stereocenters. The number of para-hydroxylation sites is 1. The van der Waals surface area contributed by atoms with Gasteiger partial charge in [0.25, 0.3) is 5.24 Å². The molecule has 1 amide bonds. The lowest BCUT2D eigenvalue weighted by molar-refractivity contribution is 0.0956. The summed E-state index contributed by atoms with van der Waals surface area (Å²) in [7, 11) is 0. The van der Waals surface area contributed by atoms with Crippen molar-refractivity contribution >= 4 is 45.5 Å². The Morgan fingerprint density at radius 1 is 0.857 bits per heavy atom. The van der Waals surface area contributed by atoms with Crippen LogP contribution in [-0.4, -0.2) is 16.8 Å². The van der Waals surface area contributed by atoms with Crippen LogP contribution in [0, 0.1) is 0 Å². The molecular formula is C23H20BrNO2S. The van der Waals surface area contributed by atoms with Crippen LogP contribution in [0.4, 0.5) is 10.5 Å². The number of Topliss-reactive ketones (excluding diaryl/α,β-unsaturated/α-hetero) is 1. The molecule has 1 atom stereocenters. The van der Waals surface area contributed by atoms with Crippen molar-refractivity contribution < 1.29 is 9.59 Å². The third-order valence-corrected chi connectivity index (χ3v) is 5.97. The average Bonchev–Trinajstić information content (AvgIpc) is 3.07. The van der Waals surface area contributed by atoms with Crippen molar-refractivity contribution in [2.75, 3.05) is 10.7 Å². The summed E-state index contributed by atoms with van der Waals surface area (Å²) >= 11 is 1.27. The first-order chi connectivity index (χ1) is 13.2. The number of anilines is 1. The number of benzene rings is 3. The van der Waals surface area contributed by atoms with Crippen LogP contribution in [0.25, 0.3) is 0 Å². The van der Waals surface area contributed by atoms with Crippen LogP contribution in [0.3, 0.4) is 0 Å². The smallest absolute Gasteiger partial charge is 0.286 e. The molecule has 5 heteroatoms. The van der Waals surface area contributed by atoms with E-state index in [1.54, 1.807) is 4.90 Å². The van der Waals surface area contributed by atoms with E-state index in [4.69, 9.17) is 0 Å². The Morgan fingerprint density at radius 3 is 2.00 bits per heavy atom. The van der Waals surface area contributed by atoms with Crippen LogP contribution >= 0.6 is 28.7 Å². The minimum absolute atomic E-state index is 0. The van der Waals surface area contributed by atoms with Crippen LogP contribution < -0.4 is 4.90 Å². The molecule has 3 aromatic carbocycles. The molecule has 0 aliphatic carbocycles. The van der Waals surface area contributed by atoms with Gasteiger partial charge in [0.2, 0.25) is 0 Å². The molecule has 0 radical (unpaired) electrons. The van der Waals surface area contributed by atoms with Crippen LogP contribution in [0.5, 0.6) is 0 Å². The van der Waals surface area contributed by atoms with Crippen molar-refractivity contribution in [1.82, 2.24) is 0 Å². The first-order valence-corrected chi connectivity index (χ1v) is 9.85. The number of rotatable bonds is 5. The number of carbonyl (C=O) groups is 2. The lowest BCUT2D eigenvalue weighted by atomic mass is 9.83. The van der Waals surface area contributed by atoms with E-state index in [0.717, 1.165) is 11.3 Å². The van der Waals surface area contributed by atoms with E-state index in [2.05, 4.69) is 0 Å². The molecule has 1 fully saturated rings. The van der Waals surface area contributed by atoms with Gasteiger partial charge < -0.3 is 0 Å². The molecule has 1 aliphatic rings. The maximum Gasteiger partial charge on any atom is 0.286 e. The van der Waals surface area contributed by atoms with E-state index in [-0.39, 0.29) is 34.4 Å². The SMILES string of the molecule is Br.O=C(CC1(c2ccccc2)CSC(=O)N1c1ccccc1)c1ccccc1. The largest absolute Gasteiger partial charge is 0.294 e. The first kappa shape index (κ1) is 20.4. The van der Waals surface area contributed by atoms with E-state index < -0.39 is 5.54 Å². The number of hydrogen-bond acceptors (Lipinski definition) is 3. The summed E-state index contributed by atoms with van der Waals surface area (Å²) in [4.78, 5) is 27.8. The monoisotopic (exact) mass is 453 g/mol. The van der Waals surface area contributed by atoms with Gasteiger partial charge in [-0.05, 0) is 17.7 Å². The second kappa shape index (κ2) is 8.76. The summed E-state index contributed by atoms with van der Waals surface area (Å²) in [5, 5.41) is -0.0223. The number of hydrogen-bond donors (Lipinski definition) is 0. The van der Waals surface area contributed by atoms with Gasteiger partial charge in [-0.2, -0.15) is 0 Å². The van der Waals surface area contributed by atoms with Crippen molar-refractivity contribution in [2.45, 2.75) is 12.0 Å². The molecule has 3 aromatic rings. The van der Waals surface area contributed by atoms with Gasteiger partial charge in [0, 0.05) is 23.4 Å². The first-order valence-electron chi connectivity index (χ1n) is 8.86. The fraction of sp³-hybridized carbons (Fsp3) is 0.130. The quantitative estimate of drug-likeness (QED) is 0.437. The molecule has 142 valence electrons. The summed E-state index contributed by atoms with van der Waals surface area (Å²) in [6.07, 6.45) is 0.245. The fourth-order valence-electron chi connectivity index (χ4n) is 3.60. The zero-order valence-corrected chi connectivity index (χ0v) is 17.7. The predicted octanol–water partition coefficient (Wildman–Crippen LogP) is 6.11. The van der Waals surface area contributed by atoms with Crippen molar-refractivity contribution in [3.8, 4) is 0 Å². The Balaban J connectivity index is 0.00000225. The van der Waals surface area contributed by atoms with E-state index >= 15 is 0 Å². The van der Waals surface area contributed by atoms with Gasteiger partial charge in [-0.15, -0.1) is 17.0 Å². The fourth-order valence-corrected chi connectivity index (χ4v) is 4.77. The van der Waals surface area contributed by atoms with Crippen molar-refractivity contribution in [2.24, 2.45) is 0 Å². The summed E-state index contributed by atoms with van der Waals surface area (Å²) in [6.45, 7) is 0. The molecule has 3 nitrogen and oxygen atoms in total. The molecule has 4 rings (SSSR count). The summed E-state index contributed by atoms with van der Waals surface area (Å²) < 4.78 is 0. The summed E-state index contributed by atoms with van der Waals surface area (Å²) in [5.74, 6) is 0.583. The third-order valence-electron chi connectivity index (χ3n) is 4.92. The van der Waals surface area contributed by atoms with Crippen LogP contribution in [0.1, 0.15) is 22.3 Å². The maximum absolute atomic E-state index is 13.1. The number of nitrogens with zero attached hydrogens (tertiary/aromatic N) is 1. The average molecular weight is 454 g/mol. The predicted molar refractivity (Wildman–Crippen MR) is 121 cm³/mol. The molecule has 0 saturated carbocycles. The molecule has 0 N–H and O–H groups in total. The lowest BCUT2D eigenvalue weighted by Crippen LogP contribution is -2.46. The standard InChI is InChI=1S/C23H19NO2S.BrH/c25-21(18-10-4-1-5-11-18)16-23(19-12-6-2-7-13-19)17-27-22(26)24(23)20-14-8-3-9-15-20;/h1-15H,16-17H2;1H. The molecule has 28 heavy (non-hydrogen) atoms. The summed E-state index contributed by atoms with van der Waals surface area (Å²) in [6, 6.07) is 28.8. The number of ketones is 1. The molecule has 0 aromatic heterocycles. The Labute approximate surface area is 179 Å². The number of halogens is 1. The molecular weight excluding hydrogens is 434 g/mol. The molecule has 0 spiro atoms. The number of carbonyl (C=O) groups excluding carboxylic acids is 2. The Morgan fingerprint density at radius 2 is 1.39 bits per heavy atom. The van der Waals surface area contributed by atoms with Gasteiger partial charge in [-0.25, -0.2) is 0 Å². The highest BCUT2D eigenvalue weighted by Gasteiger charge is 2.49. The minimum Gasteiger partial charge on any atom is -0.294 e. The third kappa shape index (κ3) is 3.77. The molecule has 1 heterocycles. The minimum atomic E-state index is -0.697. The topological polar surface area (TPSA) is 37.4 Å². The highest BCUT2D eigenvalue weighted by atomic mass is 79.9. The highest BCUT2D eigenvalue weighted by molar-refractivity contribution is 8.93. The van der Waals surface area contributed by atoms with Crippen LogP contribution in [0.2, 0.25) is 0 Å². The van der Waals surface area contributed by atoms with E-state index in [9.17, 15) is 9.59 Å². The number of thioether (sulfide) groups is 1. The van der Waals surface area contributed by atoms with Gasteiger partial charge in [0.15, 0.2) is 5.78 Å². The Hall–Kier alpha value is -2.37. The van der Waals surface area contributed by atoms with Crippen molar-refractivity contribution in [3.63, 3.8) is 0 Å². The Bertz CT molecular complexity index is 950. The molecule has 1 aliphatic heterocycles. The zero-order chi connectivity index (χ0) is 18.7. The molecule has 0 bridgehead atoms. The summed E-state index contributed by atoms with van der Waals surface area (Å²) in [5.41, 5.74) is 1.77. The van der Waals surface area contributed by atoms with E-state index in [1.807, 2.05) is 91.0 Å². The lowest BCUT2D eigenvalue weighted by Gasteiger charge is -2.38. The Kier molecular flexibility index (Phi) is 6.37. The highest BCUT2D eigenvalue weighted by Crippen LogP contribution is 2.46. The maximum atomic E-state index is 13.1. The van der Waals surface area contributed by atoms with Gasteiger partial charge in [0.1, 0.15) is 0 Å². The van der Waals surface area contributed by atoms with Crippen molar-refractivity contribution in [1.29, 1.82) is 0 Å². The number of amides is 1. The van der Waals surface area contributed by atoms with E-state index in [0.29, 0.717) is 11.3 Å². The second-order valence-electron chi connectivity index (χ2n) is 6.59. The van der Waals surface area contributed by atoms with Crippen LogP contribution in [-0.2, 0) is 5.54 Å². The van der Waals surface area contributed by atoms with Crippen molar-refractivity contribution in [3.05, 3.63) is 102 Å². The molecule has 1 saturated heterocycles. The van der Waals surface area contributed by atoms with E-state index in [1.165, 1.54) is 11.8 Å². The van der Waals surface area contributed by atoms with Gasteiger partial charge in [-0.1, -0.05) is 90.6 Å². The van der Waals surface area contributed by atoms with Gasteiger partial charge in [0.05, 0.1) is 5.54 Å². The van der Waals surface area contributed by atoms with Crippen LogP contribution in [0.15, 0.2) is 91.0 Å². The van der Waals surface area contributed by atoms with Gasteiger partial charge >= 0.3 is 0 Å². The van der Waals surface area contributed by atoms with Gasteiger partial charge in [-0.3, -0.25) is 14.5 Å². The zero-order valence-electron chi connectivity index (χ0n) is 15.2.